The number of carbonyl (C=O) groups is 3. The maximum atomic E-state index is 13.3. The second kappa shape index (κ2) is 9.35. The molecule has 1 aliphatic rings. The summed E-state index contributed by atoms with van der Waals surface area (Å²) in [5, 5.41) is 2.28. The molecule has 6 nitrogen and oxygen atoms in total. The molecule has 1 heterocycles. The molecule has 4 amide bonds. The Bertz CT molecular complexity index is 1340. The number of carbonyl (C=O) groups excluding carboxylic acids is 3. The van der Waals surface area contributed by atoms with E-state index in [9.17, 15) is 14.4 Å². The number of aryl methyl sites for hydroxylation is 4. The third-order valence-corrected chi connectivity index (χ3v) is 5.89. The number of barbiturate groups is 1. The number of amides is 4. The highest BCUT2D eigenvalue weighted by Crippen LogP contribution is 2.28. The number of imide groups is 2. The summed E-state index contributed by atoms with van der Waals surface area (Å²) < 4.78 is 6.03. The van der Waals surface area contributed by atoms with Crippen LogP contribution >= 0.6 is 0 Å². The zero-order valence-electron chi connectivity index (χ0n) is 19.6. The predicted molar refractivity (Wildman–Crippen MR) is 132 cm³/mol. The highest BCUT2D eigenvalue weighted by atomic mass is 16.5. The van der Waals surface area contributed by atoms with Gasteiger partial charge >= 0.3 is 6.03 Å². The van der Waals surface area contributed by atoms with Gasteiger partial charge < -0.3 is 4.74 Å². The molecule has 0 atom stereocenters. The lowest BCUT2D eigenvalue weighted by Gasteiger charge is -2.28. The zero-order valence-corrected chi connectivity index (χ0v) is 19.6. The molecule has 1 N–H and O–H groups in total. The van der Waals surface area contributed by atoms with Gasteiger partial charge in [-0.2, -0.15) is 0 Å². The number of hydrogen-bond acceptors (Lipinski definition) is 4. The van der Waals surface area contributed by atoms with Gasteiger partial charge in [0.1, 0.15) is 17.9 Å². The molecular formula is C28H26N2O4. The summed E-state index contributed by atoms with van der Waals surface area (Å²) in [5.41, 5.74) is 5.93. The molecule has 4 rings (SSSR count). The van der Waals surface area contributed by atoms with Crippen LogP contribution in [-0.4, -0.2) is 17.8 Å². The number of para-hydroxylation sites is 1. The molecule has 3 aromatic carbocycles. The Morgan fingerprint density at radius 3 is 2.35 bits per heavy atom. The minimum Gasteiger partial charge on any atom is -0.488 e. The molecule has 1 fully saturated rings. The standard InChI is InChI=1S/C28H26N2O4/c1-17-9-10-19(3)24(13-17)30-27(32)23(26(31)29-28(30)33)15-22-7-5-6-8-25(22)34-16-21-12-11-18(2)20(4)14-21/h5-15H,16H2,1-4H3,(H,29,31,33)/b23-15+. The summed E-state index contributed by atoms with van der Waals surface area (Å²) in [6.45, 7) is 8.13. The van der Waals surface area contributed by atoms with Crippen LogP contribution in [0.1, 0.15) is 33.4 Å². The van der Waals surface area contributed by atoms with Crippen LogP contribution in [0.2, 0.25) is 0 Å². The molecule has 1 saturated heterocycles. The number of nitrogens with one attached hydrogen (secondary N) is 1. The van der Waals surface area contributed by atoms with E-state index in [2.05, 4.69) is 18.3 Å². The normalized spacial score (nSPS) is 15.0. The first kappa shape index (κ1) is 23.0. The van der Waals surface area contributed by atoms with Gasteiger partial charge in [0.25, 0.3) is 11.8 Å². The summed E-state index contributed by atoms with van der Waals surface area (Å²) >= 11 is 0. The van der Waals surface area contributed by atoms with Gasteiger partial charge in [-0.15, -0.1) is 0 Å². The molecule has 3 aromatic rings. The minimum absolute atomic E-state index is 0.136. The Balaban J connectivity index is 1.65. The van der Waals surface area contributed by atoms with Crippen molar-refractivity contribution in [1.82, 2.24) is 5.32 Å². The van der Waals surface area contributed by atoms with Gasteiger partial charge in [0, 0.05) is 5.56 Å². The van der Waals surface area contributed by atoms with Crippen molar-refractivity contribution >= 4 is 29.6 Å². The van der Waals surface area contributed by atoms with Gasteiger partial charge in [0.15, 0.2) is 0 Å². The number of nitrogens with zero attached hydrogens (tertiary/aromatic N) is 1. The number of anilines is 1. The summed E-state index contributed by atoms with van der Waals surface area (Å²) in [7, 11) is 0. The fourth-order valence-electron chi connectivity index (χ4n) is 3.78. The SMILES string of the molecule is Cc1ccc(C)c(N2C(=O)NC(=O)/C(=C\c3ccccc3OCc3ccc(C)c(C)c3)C2=O)c1. The van der Waals surface area contributed by atoms with E-state index >= 15 is 0 Å². The van der Waals surface area contributed by atoms with Crippen molar-refractivity contribution in [3.8, 4) is 5.75 Å². The van der Waals surface area contributed by atoms with Gasteiger partial charge in [0.05, 0.1) is 5.69 Å². The third kappa shape index (κ3) is 4.62. The Labute approximate surface area is 198 Å². The summed E-state index contributed by atoms with van der Waals surface area (Å²) in [4.78, 5) is 39.5. The lowest BCUT2D eigenvalue weighted by Crippen LogP contribution is -2.54. The van der Waals surface area contributed by atoms with Crippen LogP contribution in [0.3, 0.4) is 0 Å². The molecule has 0 unspecified atom stereocenters. The number of hydrogen-bond donors (Lipinski definition) is 1. The molecule has 172 valence electrons. The number of ether oxygens (including phenoxy) is 1. The fraction of sp³-hybridized carbons (Fsp3) is 0.179. The molecule has 1 aliphatic heterocycles. The van der Waals surface area contributed by atoms with Crippen LogP contribution in [0.4, 0.5) is 10.5 Å². The number of urea groups is 1. The monoisotopic (exact) mass is 454 g/mol. The largest absolute Gasteiger partial charge is 0.488 e. The van der Waals surface area contributed by atoms with Crippen LogP contribution in [0.15, 0.2) is 66.2 Å². The molecular weight excluding hydrogens is 428 g/mol. The van der Waals surface area contributed by atoms with Gasteiger partial charge in [-0.1, -0.05) is 48.5 Å². The Hall–Kier alpha value is -4.19. The highest BCUT2D eigenvalue weighted by Gasteiger charge is 2.37. The first-order chi connectivity index (χ1) is 16.2. The molecule has 0 aliphatic carbocycles. The van der Waals surface area contributed by atoms with E-state index in [-0.39, 0.29) is 5.57 Å². The van der Waals surface area contributed by atoms with Gasteiger partial charge in [-0.05, 0) is 73.7 Å². The van der Waals surface area contributed by atoms with Crippen molar-refractivity contribution < 1.29 is 19.1 Å². The lowest BCUT2D eigenvalue weighted by atomic mass is 10.0. The van der Waals surface area contributed by atoms with Crippen LogP contribution in [-0.2, 0) is 16.2 Å². The van der Waals surface area contributed by atoms with Crippen LogP contribution in [0.5, 0.6) is 5.75 Å². The summed E-state index contributed by atoms with van der Waals surface area (Å²) in [6.07, 6.45) is 1.47. The smallest absolute Gasteiger partial charge is 0.335 e. The molecule has 34 heavy (non-hydrogen) atoms. The van der Waals surface area contributed by atoms with Crippen molar-refractivity contribution in [3.63, 3.8) is 0 Å². The van der Waals surface area contributed by atoms with Crippen molar-refractivity contribution in [2.75, 3.05) is 4.90 Å². The Morgan fingerprint density at radius 2 is 1.59 bits per heavy atom. The highest BCUT2D eigenvalue weighted by molar-refractivity contribution is 6.39. The van der Waals surface area contributed by atoms with E-state index in [1.807, 2.05) is 51.1 Å². The van der Waals surface area contributed by atoms with Crippen LogP contribution in [0, 0.1) is 27.7 Å². The Morgan fingerprint density at radius 1 is 0.853 bits per heavy atom. The van der Waals surface area contributed by atoms with Crippen LogP contribution < -0.4 is 15.0 Å². The predicted octanol–water partition coefficient (Wildman–Crippen LogP) is 5.17. The molecule has 6 heteroatoms. The van der Waals surface area contributed by atoms with E-state index in [0.29, 0.717) is 23.6 Å². The van der Waals surface area contributed by atoms with Crippen molar-refractivity contribution in [2.24, 2.45) is 0 Å². The average molecular weight is 455 g/mol. The minimum atomic E-state index is -0.764. The van der Waals surface area contributed by atoms with Crippen molar-refractivity contribution in [3.05, 3.63) is 99.6 Å². The van der Waals surface area contributed by atoms with E-state index in [4.69, 9.17) is 4.74 Å². The van der Waals surface area contributed by atoms with E-state index in [1.165, 1.54) is 17.2 Å². The number of rotatable bonds is 5. The molecule has 0 bridgehead atoms. The molecule has 0 aromatic heterocycles. The average Bonchev–Trinajstić information content (AvgIpc) is 2.80. The molecule has 0 saturated carbocycles. The third-order valence-electron chi connectivity index (χ3n) is 5.89. The van der Waals surface area contributed by atoms with Gasteiger partial charge in [-0.25, -0.2) is 9.69 Å². The van der Waals surface area contributed by atoms with Crippen molar-refractivity contribution in [1.29, 1.82) is 0 Å². The second-order valence-corrected chi connectivity index (χ2v) is 8.49. The van der Waals surface area contributed by atoms with Gasteiger partial charge in [0.2, 0.25) is 0 Å². The first-order valence-corrected chi connectivity index (χ1v) is 11.0. The lowest BCUT2D eigenvalue weighted by molar-refractivity contribution is -0.122. The quantitative estimate of drug-likeness (QED) is 0.427. The molecule has 0 radical (unpaired) electrons. The summed E-state index contributed by atoms with van der Waals surface area (Å²) in [5.74, 6) is -0.879. The van der Waals surface area contributed by atoms with E-state index in [0.717, 1.165) is 21.6 Å². The second-order valence-electron chi connectivity index (χ2n) is 8.49. The maximum absolute atomic E-state index is 13.3. The van der Waals surface area contributed by atoms with E-state index < -0.39 is 17.8 Å². The number of benzene rings is 3. The molecule has 0 spiro atoms. The van der Waals surface area contributed by atoms with Crippen molar-refractivity contribution in [2.45, 2.75) is 34.3 Å². The Kier molecular flexibility index (Phi) is 6.32. The van der Waals surface area contributed by atoms with E-state index in [1.54, 1.807) is 24.3 Å². The zero-order chi connectivity index (χ0) is 24.4. The van der Waals surface area contributed by atoms with Gasteiger partial charge in [-0.3, -0.25) is 14.9 Å². The summed E-state index contributed by atoms with van der Waals surface area (Å²) in [6, 6.07) is 18.0. The van der Waals surface area contributed by atoms with Crippen LogP contribution in [0.25, 0.3) is 6.08 Å². The maximum Gasteiger partial charge on any atom is 0.335 e. The fourth-order valence-corrected chi connectivity index (χ4v) is 3.78. The topological polar surface area (TPSA) is 75.7 Å². The first-order valence-electron chi connectivity index (χ1n) is 11.0.